The van der Waals surface area contributed by atoms with Crippen LogP contribution in [0.1, 0.15) is 17.2 Å². The monoisotopic (exact) mass is 245 g/mol. The molecule has 0 radical (unpaired) electrons. The number of alkyl halides is 3. The third-order valence-corrected chi connectivity index (χ3v) is 3.13. The van der Waals surface area contributed by atoms with Crippen molar-refractivity contribution < 1.29 is 17.9 Å². The largest absolute Gasteiger partial charge is 0.497 e. The number of nitrogens with zero attached hydrogens (tertiary/aromatic N) is 1. The summed E-state index contributed by atoms with van der Waals surface area (Å²) in [5.74, 6) is 0.606. The van der Waals surface area contributed by atoms with Crippen LogP contribution in [0.2, 0.25) is 0 Å². The first-order valence-corrected chi connectivity index (χ1v) is 5.37. The molecule has 0 bridgehead atoms. The van der Waals surface area contributed by atoms with E-state index in [1.54, 1.807) is 12.1 Å². The molecule has 5 heteroatoms. The fraction of sp³-hybridized carbons (Fsp3) is 0.500. The molecular formula is C12H14F3NO. The molecule has 0 fully saturated rings. The average molecular weight is 245 g/mol. The maximum absolute atomic E-state index is 13.0. The molecule has 1 aromatic rings. The van der Waals surface area contributed by atoms with Gasteiger partial charge in [0.1, 0.15) is 11.8 Å². The van der Waals surface area contributed by atoms with Crippen molar-refractivity contribution in [3.05, 3.63) is 29.3 Å². The lowest BCUT2D eigenvalue weighted by atomic mass is 9.92. The smallest absolute Gasteiger partial charge is 0.408 e. The van der Waals surface area contributed by atoms with E-state index < -0.39 is 12.2 Å². The Labute approximate surface area is 98.0 Å². The lowest BCUT2D eigenvalue weighted by Crippen LogP contribution is -2.40. The van der Waals surface area contributed by atoms with Gasteiger partial charge in [-0.3, -0.25) is 4.90 Å². The molecule has 2 rings (SSSR count). The lowest BCUT2D eigenvalue weighted by Gasteiger charge is -2.35. The molecule has 0 aliphatic carbocycles. The van der Waals surface area contributed by atoms with Crippen LogP contribution in [0, 0.1) is 0 Å². The number of rotatable bonds is 1. The summed E-state index contributed by atoms with van der Waals surface area (Å²) < 4.78 is 44.0. The summed E-state index contributed by atoms with van der Waals surface area (Å²) in [6.45, 7) is 0.407. The molecule has 0 spiro atoms. The molecule has 2 nitrogen and oxygen atoms in total. The van der Waals surface area contributed by atoms with Crippen LogP contribution in [-0.4, -0.2) is 31.8 Å². The molecule has 0 aromatic heterocycles. The van der Waals surface area contributed by atoms with Gasteiger partial charge in [0, 0.05) is 6.54 Å². The van der Waals surface area contributed by atoms with Gasteiger partial charge in [-0.25, -0.2) is 0 Å². The molecule has 0 N–H and O–H groups in total. The highest BCUT2D eigenvalue weighted by Crippen LogP contribution is 2.41. The van der Waals surface area contributed by atoms with E-state index in [4.69, 9.17) is 4.74 Å². The van der Waals surface area contributed by atoms with E-state index >= 15 is 0 Å². The zero-order valence-electron chi connectivity index (χ0n) is 9.71. The minimum absolute atomic E-state index is 0.340. The highest BCUT2D eigenvalue weighted by atomic mass is 19.4. The fourth-order valence-electron chi connectivity index (χ4n) is 2.28. The summed E-state index contributed by atoms with van der Waals surface area (Å²) in [4.78, 5) is 1.34. The van der Waals surface area contributed by atoms with Crippen LogP contribution in [-0.2, 0) is 6.42 Å². The standard InChI is InChI=1S/C12H14F3NO/c1-16-6-5-8-7-9(17-2)3-4-10(8)11(16)12(13,14)15/h3-4,7,11H,5-6H2,1-2H3. The van der Waals surface area contributed by atoms with Gasteiger partial charge in [-0.15, -0.1) is 0 Å². The molecular weight excluding hydrogens is 231 g/mol. The Morgan fingerprint density at radius 2 is 2.06 bits per heavy atom. The van der Waals surface area contributed by atoms with E-state index in [9.17, 15) is 13.2 Å². The van der Waals surface area contributed by atoms with E-state index in [0.717, 1.165) is 5.56 Å². The summed E-state index contributed by atoms with van der Waals surface area (Å²) in [6.07, 6.45) is -3.62. The number of benzene rings is 1. The number of halogens is 3. The topological polar surface area (TPSA) is 12.5 Å². The van der Waals surface area contributed by atoms with Gasteiger partial charge in [0.15, 0.2) is 0 Å². The predicted octanol–water partition coefficient (Wildman–Crippen LogP) is 2.79. The minimum atomic E-state index is -4.24. The van der Waals surface area contributed by atoms with E-state index in [1.807, 2.05) is 0 Å². The first kappa shape index (κ1) is 12.2. The van der Waals surface area contributed by atoms with Gasteiger partial charge >= 0.3 is 6.18 Å². The van der Waals surface area contributed by atoms with Crippen molar-refractivity contribution in [3.8, 4) is 5.75 Å². The molecule has 0 saturated heterocycles. The van der Waals surface area contributed by atoms with Gasteiger partial charge in [-0.1, -0.05) is 6.07 Å². The molecule has 0 saturated carbocycles. The van der Waals surface area contributed by atoms with Crippen molar-refractivity contribution >= 4 is 0 Å². The van der Waals surface area contributed by atoms with Gasteiger partial charge in [0.25, 0.3) is 0 Å². The highest BCUT2D eigenvalue weighted by Gasteiger charge is 2.45. The maximum Gasteiger partial charge on any atom is 0.408 e. The highest BCUT2D eigenvalue weighted by molar-refractivity contribution is 5.39. The van der Waals surface area contributed by atoms with E-state index in [0.29, 0.717) is 24.3 Å². The van der Waals surface area contributed by atoms with Crippen molar-refractivity contribution in [2.75, 3.05) is 20.7 Å². The van der Waals surface area contributed by atoms with Crippen molar-refractivity contribution in [3.63, 3.8) is 0 Å². The Kier molecular flexibility index (Phi) is 3.03. The summed E-state index contributed by atoms with van der Waals surface area (Å²) >= 11 is 0. The number of hydrogen-bond donors (Lipinski definition) is 0. The molecule has 1 aliphatic heterocycles. The second-order valence-corrected chi connectivity index (χ2v) is 4.24. The summed E-state index contributed by atoms with van der Waals surface area (Å²) in [5.41, 5.74) is 1.07. The van der Waals surface area contributed by atoms with Gasteiger partial charge < -0.3 is 4.74 Å². The predicted molar refractivity (Wildman–Crippen MR) is 58.1 cm³/mol. The third kappa shape index (κ3) is 2.24. The number of likely N-dealkylation sites (N-methyl/N-ethyl adjacent to an activating group) is 1. The van der Waals surface area contributed by atoms with E-state index in [2.05, 4.69) is 0 Å². The molecule has 1 atom stereocenters. The van der Waals surface area contributed by atoms with Gasteiger partial charge in [-0.05, 0) is 36.7 Å². The van der Waals surface area contributed by atoms with Crippen LogP contribution in [0.25, 0.3) is 0 Å². The lowest BCUT2D eigenvalue weighted by molar-refractivity contribution is -0.185. The average Bonchev–Trinajstić information content (AvgIpc) is 2.26. The Hall–Kier alpha value is -1.23. The van der Waals surface area contributed by atoms with Gasteiger partial charge in [-0.2, -0.15) is 13.2 Å². The Balaban J connectivity index is 2.45. The maximum atomic E-state index is 13.0. The summed E-state index contributed by atoms with van der Waals surface area (Å²) in [7, 11) is 3.02. The SMILES string of the molecule is COc1ccc2c(c1)CCN(C)C2C(F)(F)F. The molecule has 1 heterocycles. The van der Waals surface area contributed by atoms with Crippen LogP contribution >= 0.6 is 0 Å². The number of ether oxygens (including phenoxy) is 1. The Morgan fingerprint density at radius 1 is 1.35 bits per heavy atom. The zero-order chi connectivity index (χ0) is 12.6. The van der Waals surface area contributed by atoms with E-state index in [-0.39, 0.29) is 0 Å². The van der Waals surface area contributed by atoms with Crippen LogP contribution in [0.4, 0.5) is 13.2 Å². The van der Waals surface area contributed by atoms with Crippen LogP contribution in [0.5, 0.6) is 5.75 Å². The second kappa shape index (κ2) is 4.22. The summed E-state index contributed by atoms with van der Waals surface area (Å²) in [5, 5.41) is 0. The second-order valence-electron chi connectivity index (χ2n) is 4.24. The number of hydrogen-bond acceptors (Lipinski definition) is 2. The van der Waals surface area contributed by atoms with Crippen LogP contribution in [0.15, 0.2) is 18.2 Å². The molecule has 1 aliphatic rings. The summed E-state index contributed by atoms with van der Waals surface area (Å²) in [6, 6.07) is 3.29. The van der Waals surface area contributed by atoms with Crippen molar-refractivity contribution in [2.45, 2.75) is 18.6 Å². The van der Waals surface area contributed by atoms with Crippen LogP contribution < -0.4 is 4.74 Å². The van der Waals surface area contributed by atoms with Crippen molar-refractivity contribution in [1.29, 1.82) is 0 Å². The van der Waals surface area contributed by atoms with Crippen molar-refractivity contribution in [1.82, 2.24) is 4.90 Å². The fourth-order valence-corrected chi connectivity index (χ4v) is 2.28. The van der Waals surface area contributed by atoms with Crippen LogP contribution in [0.3, 0.4) is 0 Å². The molecule has 1 unspecified atom stereocenters. The van der Waals surface area contributed by atoms with E-state index in [1.165, 1.54) is 25.1 Å². The minimum Gasteiger partial charge on any atom is -0.497 e. The Morgan fingerprint density at radius 3 is 2.65 bits per heavy atom. The number of methoxy groups -OCH3 is 1. The third-order valence-electron chi connectivity index (χ3n) is 3.13. The molecule has 0 amide bonds. The van der Waals surface area contributed by atoms with Gasteiger partial charge in [0.05, 0.1) is 7.11 Å². The zero-order valence-corrected chi connectivity index (χ0v) is 9.71. The quantitative estimate of drug-likeness (QED) is 0.754. The normalized spacial score (nSPS) is 21.1. The molecule has 94 valence electrons. The first-order valence-electron chi connectivity index (χ1n) is 5.37. The molecule has 1 aromatic carbocycles. The van der Waals surface area contributed by atoms with Gasteiger partial charge in [0.2, 0.25) is 0 Å². The number of fused-ring (bicyclic) bond motifs is 1. The van der Waals surface area contributed by atoms with Crippen molar-refractivity contribution in [2.24, 2.45) is 0 Å². The molecule has 17 heavy (non-hydrogen) atoms. The Bertz CT molecular complexity index is 417. The first-order chi connectivity index (χ1) is 7.93.